The smallest absolute Gasteiger partial charge is 0.0630 e. The van der Waals surface area contributed by atoms with Crippen molar-refractivity contribution in [3.05, 3.63) is 18.0 Å². The molecule has 0 aromatic carbocycles. The summed E-state index contributed by atoms with van der Waals surface area (Å²) in [6.45, 7) is 5.18. The third kappa shape index (κ3) is 2.84. The molecule has 0 radical (unpaired) electrons. The van der Waals surface area contributed by atoms with Crippen molar-refractivity contribution < 1.29 is 0 Å². The van der Waals surface area contributed by atoms with Crippen molar-refractivity contribution in [2.24, 2.45) is 18.2 Å². The van der Waals surface area contributed by atoms with Gasteiger partial charge in [0.05, 0.1) is 5.69 Å². The van der Waals surface area contributed by atoms with E-state index < -0.39 is 0 Å². The number of nitrogens with zero attached hydrogens (tertiary/aromatic N) is 2. The lowest BCUT2D eigenvalue weighted by Crippen LogP contribution is -2.29. The molecule has 0 aliphatic rings. The van der Waals surface area contributed by atoms with E-state index in [-0.39, 0.29) is 5.41 Å². The predicted octanol–water partition coefficient (Wildman–Crippen LogP) is 1.73. The second-order valence-corrected chi connectivity index (χ2v) is 4.42. The standard InChI is InChI=1S/C11H21N3/c1-4-6-11(2,9-12)8-10-5-7-14(3)13-10/h5,7H,4,6,8-9,12H2,1-3H3. The minimum atomic E-state index is 0.211. The molecule has 2 N–H and O–H groups in total. The van der Waals surface area contributed by atoms with Gasteiger partial charge in [-0.1, -0.05) is 20.3 Å². The molecule has 1 aromatic heterocycles. The van der Waals surface area contributed by atoms with Crippen molar-refractivity contribution in [2.75, 3.05) is 6.54 Å². The molecular formula is C11H21N3. The maximum atomic E-state index is 5.81. The van der Waals surface area contributed by atoms with Gasteiger partial charge in [0.15, 0.2) is 0 Å². The van der Waals surface area contributed by atoms with E-state index in [2.05, 4.69) is 25.0 Å². The average Bonchev–Trinajstić information content (AvgIpc) is 2.51. The molecule has 0 aliphatic carbocycles. The number of aromatic nitrogens is 2. The van der Waals surface area contributed by atoms with E-state index in [4.69, 9.17) is 5.73 Å². The molecule has 1 rings (SSSR count). The third-order valence-corrected chi connectivity index (χ3v) is 2.72. The van der Waals surface area contributed by atoms with Crippen molar-refractivity contribution in [3.8, 4) is 0 Å². The topological polar surface area (TPSA) is 43.8 Å². The van der Waals surface area contributed by atoms with E-state index in [1.165, 1.54) is 12.8 Å². The van der Waals surface area contributed by atoms with Crippen LogP contribution in [0.1, 0.15) is 32.4 Å². The van der Waals surface area contributed by atoms with E-state index >= 15 is 0 Å². The molecular weight excluding hydrogens is 174 g/mol. The molecule has 0 aliphatic heterocycles. The summed E-state index contributed by atoms with van der Waals surface area (Å²) >= 11 is 0. The van der Waals surface area contributed by atoms with Gasteiger partial charge in [0.2, 0.25) is 0 Å². The number of hydrogen-bond donors (Lipinski definition) is 1. The maximum Gasteiger partial charge on any atom is 0.0630 e. The second kappa shape index (κ2) is 4.60. The van der Waals surface area contributed by atoms with Gasteiger partial charge in [0.25, 0.3) is 0 Å². The molecule has 14 heavy (non-hydrogen) atoms. The molecule has 3 nitrogen and oxygen atoms in total. The van der Waals surface area contributed by atoms with Gasteiger partial charge in [-0.15, -0.1) is 0 Å². The summed E-state index contributed by atoms with van der Waals surface area (Å²) in [5, 5.41) is 4.39. The van der Waals surface area contributed by atoms with Crippen molar-refractivity contribution in [1.82, 2.24) is 9.78 Å². The molecule has 1 unspecified atom stereocenters. The fourth-order valence-electron chi connectivity index (χ4n) is 1.86. The molecule has 1 heterocycles. The van der Waals surface area contributed by atoms with Crippen LogP contribution in [0.5, 0.6) is 0 Å². The quantitative estimate of drug-likeness (QED) is 0.777. The monoisotopic (exact) mass is 195 g/mol. The molecule has 0 bridgehead atoms. The van der Waals surface area contributed by atoms with Gasteiger partial charge in [-0.2, -0.15) is 5.10 Å². The van der Waals surface area contributed by atoms with E-state index in [1.807, 2.05) is 17.9 Å². The molecule has 1 aromatic rings. The van der Waals surface area contributed by atoms with Crippen LogP contribution in [0.25, 0.3) is 0 Å². The Morgan fingerprint density at radius 1 is 1.57 bits per heavy atom. The van der Waals surface area contributed by atoms with Crippen molar-refractivity contribution in [3.63, 3.8) is 0 Å². The van der Waals surface area contributed by atoms with E-state index in [0.717, 1.165) is 18.7 Å². The molecule has 1 atom stereocenters. The molecule has 0 saturated carbocycles. The molecule has 0 fully saturated rings. The highest BCUT2D eigenvalue weighted by molar-refractivity contribution is 5.02. The highest BCUT2D eigenvalue weighted by atomic mass is 15.2. The van der Waals surface area contributed by atoms with Gasteiger partial charge >= 0.3 is 0 Å². The van der Waals surface area contributed by atoms with Crippen LogP contribution in [0.4, 0.5) is 0 Å². The van der Waals surface area contributed by atoms with Crippen molar-refractivity contribution >= 4 is 0 Å². The highest BCUT2D eigenvalue weighted by Crippen LogP contribution is 2.25. The Bertz CT molecular complexity index is 280. The van der Waals surface area contributed by atoms with Gasteiger partial charge in [-0.3, -0.25) is 4.68 Å². The van der Waals surface area contributed by atoms with Crippen LogP contribution in [0, 0.1) is 5.41 Å². The normalized spacial score (nSPS) is 15.4. The first kappa shape index (κ1) is 11.2. The summed E-state index contributed by atoms with van der Waals surface area (Å²) in [6, 6.07) is 2.07. The largest absolute Gasteiger partial charge is 0.330 e. The minimum absolute atomic E-state index is 0.211. The van der Waals surface area contributed by atoms with Crippen LogP contribution in [0.15, 0.2) is 12.3 Å². The third-order valence-electron chi connectivity index (χ3n) is 2.72. The molecule has 0 amide bonds. The van der Waals surface area contributed by atoms with Crippen molar-refractivity contribution in [1.29, 1.82) is 0 Å². The summed E-state index contributed by atoms with van der Waals surface area (Å²) in [5.41, 5.74) is 7.17. The molecule has 0 spiro atoms. The zero-order valence-corrected chi connectivity index (χ0v) is 9.45. The number of rotatable bonds is 5. The minimum Gasteiger partial charge on any atom is -0.330 e. The molecule has 3 heteroatoms. The fraction of sp³-hybridized carbons (Fsp3) is 0.727. The lowest BCUT2D eigenvalue weighted by atomic mass is 9.81. The predicted molar refractivity (Wildman–Crippen MR) is 59.0 cm³/mol. The van der Waals surface area contributed by atoms with Gasteiger partial charge < -0.3 is 5.73 Å². The maximum absolute atomic E-state index is 5.81. The van der Waals surface area contributed by atoms with Crippen LogP contribution in [0.3, 0.4) is 0 Å². The number of hydrogen-bond acceptors (Lipinski definition) is 2. The van der Waals surface area contributed by atoms with E-state index in [0.29, 0.717) is 0 Å². The van der Waals surface area contributed by atoms with Gasteiger partial charge in [-0.25, -0.2) is 0 Å². The first-order valence-corrected chi connectivity index (χ1v) is 5.28. The zero-order valence-electron chi connectivity index (χ0n) is 9.45. The Balaban J connectivity index is 2.64. The Hall–Kier alpha value is -0.830. The molecule has 80 valence electrons. The lowest BCUT2D eigenvalue weighted by molar-refractivity contribution is 0.299. The summed E-state index contributed by atoms with van der Waals surface area (Å²) < 4.78 is 1.85. The van der Waals surface area contributed by atoms with E-state index in [1.54, 1.807) is 0 Å². The Morgan fingerprint density at radius 3 is 2.71 bits per heavy atom. The van der Waals surface area contributed by atoms with Crippen LogP contribution < -0.4 is 5.73 Å². The Morgan fingerprint density at radius 2 is 2.29 bits per heavy atom. The van der Waals surface area contributed by atoms with Gasteiger partial charge in [0, 0.05) is 13.2 Å². The molecule has 0 saturated heterocycles. The fourth-order valence-corrected chi connectivity index (χ4v) is 1.86. The number of nitrogens with two attached hydrogens (primary N) is 1. The summed E-state index contributed by atoms with van der Waals surface area (Å²) in [6.07, 6.45) is 5.32. The first-order chi connectivity index (χ1) is 6.59. The van der Waals surface area contributed by atoms with Gasteiger partial charge in [-0.05, 0) is 30.9 Å². The van der Waals surface area contributed by atoms with Crippen LogP contribution in [-0.4, -0.2) is 16.3 Å². The SMILES string of the molecule is CCCC(C)(CN)Cc1ccn(C)n1. The summed E-state index contributed by atoms with van der Waals surface area (Å²) in [4.78, 5) is 0. The van der Waals surface area contributed by atoms with Crippen LogP contribution >= 0.6 is 0 Å². The Labute approximate surface area is 86.3 Å². The number of aryl methyl sites for hydroxylation is 1. The average molecular weight is 195 g/mol. The Kier molecular flexibility index (Phi) is 3.69. The van der Waals surface area contributed by atoms with Crippen LogP contribution in [0.2, 0.25) is 0 Å². The zero-order chi connectivity index (χ0) is 10.6. The first-order valence-electron chi connectivity index (χ1n) is 5.28. The van der Waals surface area contributed by atoms with Gasteiger partial charge in [0.1, 0.15) is 0 Å². The van der Waals surface area contributed by atoms with E-state index in [9.17, 15) is 0 Å². The lowest BCUT2D eigenvalue weighted by Gasteiger charge is -2.26. The highest BCUT2D eigenvalue weighted by Gasteiger charge is 2.22. The summed E-state index contributed by atoms with van der Waals surface area (Å²) in [7, 11) is 1.95. The van der Waals surface area contributed by atoms with Crippen LogP contribution in [-0.2, 0) is 13.5 Å². The van der Waals surface area contributed by atoms with Crippen molar-refractivity contribution in [2.45, 2.75) is 33.1 Å². The summed E-state index contributed by atoms with van der Waals surface area (Å²) in [5.74, 6) is 0. The second-order valence-electron chi connectivity index (χ2n) is 4.42.